The average molecular weight is 717 g/mol. The van der Waals surface area contributed by atoms with E-state index in [1.165, 1.54) is 34.6 Å². The second-order valence-corrected chi connectivity index (χ2v) is 9.21. The molecule has 0 aromatic heterocycles. The van der Waals surface area contributed by atoms with Crippen LogP contribution in [0.5, 0.6) is 0 Å². The standard InChI is InChI=1S/C8H14N2O4.C6H12N2O3.2C4H10N2O2.C4H6O3.CH4/c1-5(11)9-4-3-7(8(13)14)10-6(2)12;1-4(9)8-3-2-5(7)6(10)11;2*5-2-1-3(6)4(7)8;1-3(5)7-4(2)6;/h7H,3-4H2,1-2H3,(H,9,11)(H,10,12)(H,13,14);5H,2-3,7H2,1H3,(H,8,9)(H,10,11);2*3H,1-2,5-6H2,(H,7,8);1-2H3;1H4/t;5-;3-;;;/m.00.../s1. The van der Waals surface area contributed by atoms with Gasteiger partial charge >= 0.3 is 35.8 Å². The Morgan fingerprint density at radius 1 is 0.531 bits per heavy atom. The number of hydrogen-bond acceptors (Lipinski definition) is 15. The lowest BCUT2D eigenvalue weighted by Gasteiger charge is -2.12. The molecule has 17 N–H and O–H groups in total. The molecule has 22 nitrogen and oxygen atoms in total. The first kappa shape index (κ1) is 56.6. The maximum Gasteiger partial charge on any atom is 0.326 e. The molecule has 0 aromatic rings. The monoisotopic (exact) mass is 716 g/mol. The maximum atomic E-state index is 10.6. The quantitative estimate of drug-likeness (QED) is 0.0572. The van der Waals surface area contributed by atoms with E-state index in [9.17, 15) is 43.2 Å². The summed E-state index contributed by atoms with van der Waals surface area (Å²) in [5.41, 5.74) is 25.3. The van der Waals surface area contributed by atoms with Crippen LogP contribution in [0.25, 0.3) is 0 Å². The second kappa shape index (κ2) is 36.1. The van der Waals surface area contributed by atoms with Gasteiger partial charge < -0.3 is 69.8 Å². The van der Waals surface area contributed by atoms with Gasteiger partial charge in [0.1, 0.15) is 24.2 Å². The van der Waals surface area contributed by atoms with E-state index in [1.54, 1.807) is 0 Å². The average Bonchev–Trinajstić information content (AvgIpc) is 2.92. The molecule has 0 heterocycles. The number of carbonyl (C=O) groups is 9. The molecule has 0 spiro atoms. The number of hydrogen-bond donors (Lipinski definition) is 12. The van der Waals surface area contributed by atoms with Gasteiger partial charge in [0.05, 0.1) is 0 Å². The molecule has 0 saturated heterocycles. The molecule has 4 atom stereocenters. The Morgan fingerprint density at radius 3 is 1.02 bits per heavy atom. The third-order valence-electron chi connectivity index (χ3n) is 4.51. The van der Waals surface area contributed by atoms with E-state index in [-0.39, 0.29) is 38.6 Å². The minimum Gasteiger partial charge on any atom is -0.480 e. The van der Waals surface area contributed by atoms with Crippen LogP contribution >= 0.6 is 0 Å². The highest BCUT2D eigenvalue weighted by Gasteiger charge is 2.17. The zero-order valence-electron chi connectivity index (χ0n) is 27.7. The summed E-state index contributed by atoms with van der Waals surface area (Å²) in [6.07, 6.45) is 1.12. The van der Waals surface area contributed by atoms with E-state index in [0.29, 0.717) is 32.5 Å². The lowest BCUT2D eigenvalue weighted by Crippen LogP contribution is -2.41. The number of amides is 3. The molecule has 2 unspecified atom stereocenters. The van der Waals surface area contributed by atoms with Gasteiger partial charge in [-0.25, -0.2) is 4.79 Å². The maximum absolute atomic E-state index is 10.6. The van der Waals surface area contributed by atoms with E-state index in [1.807, 2.05) is 0 Å². The van der Waals surface area contributed by atoms with Gasteiger partial charge in [-0.05, 0) is 38.8 Å². The van der Waals surface area contributed by atoms with Gasteiger partial charge in [-0.3, -0.25) is 38.4 Å². The zero-order chi connectivity index (χ0) is 39.0. The number of ether oxygens (including phenoxy) is 1. The molecule has 22 heteroatoms. The number of carboxylic acids is 4. The molecule has 0 saturated carbocycles. The van der Waals surface area contributed by atoms with Gasteiger partial charge in [0.15, 0.2) is 0 Å². The number of nitrogens with two attached hydrogens (primary N) is 5. The van der Waals surface area contributed by atoms with Crippen molar-refractivity contribution < 1.29 is 68.3 Å². The first-order valence-corrected chi connectivity index (χ1v) is 14.0. The predicted molar refractivity (Wildman–Crippen MR) is 175 cm³/mol. The van der Waals surface area contributed by atoms with Gasteiger partial charge in [0, 0.05) is 47.7 Å². The fourth-order valence-corrected chi connectivity index (χ4v) is 2.23. The highest BCUT2D eigenvalue weighted by molar-refractivity contribution is 5.83. The van der Waals surface area contributed by atoms with E-state index in [0.717, 1.165) is 0 Å². The second-order valence-electron chi connectivity index (χ2n) is 9.21. The fourth-order valence-electron chi connectivity index (χ4n) is 2.23. The Morgan fingerprint density at radius 2 is 0.837 bits per heavy atom. The van der Waals surface area contributed by atoms with Crippen LogP contribution in [0, 0.1) is 0 Å². The molecule has 0 aliphatic carbocycles. The first-order valence-electron chi connectivity index (χ1n) is 14.0. The summed E-state index contributed by atoms with van der Waals surface area (Å²) in [7, 11) is 0. The molecule has 0 rings (SSSR count). The van der Waals surface area contributed by atoms with Gasteiger partial charge in [-0.1, -0.05) is 7.43 Å². The summed E-state index contributed by atoms with van der Waals surface area (Å²) in [6, 6.07) is -3.42. The predicted octanol–water partition coefficient (Wildman–Crippen LogP) is -3.75. The number of rotatable bonds is 15. The zero-order valence-corrected chi connectivity index (χ0v) is 27.7. The van der Waals surface area contributed by atoms with Gasteiger partial charge in [-0.15, -0.1) is 0 Å². The minimum absolute atomic E-state index is 0. The third kappa shape index (κ3) is 53.0. The fraction of sp³-hybridized carbons (Fsp3) is 0.667. The Labute approximate surface area is 284 Å². The number of nitrogens with one attached hydrogen (secondary N) is 3. The molecule has 3 amide bonds. The van der Waals surface area contributed by atoms with E-state index >= 15 is 0 Å². The third-order valence-corrected chi connectivity index (χ3v) is 4.51. The van der Waals surface area contributed by atoms with Crippen molar-refractivity contribution >= 4 is 53.5 Å². The van der Waals surface area contributed by atoms with Crippen molar-refractivity contribution in [2.75, 3.05) is 26.2 Å². The molecule has 0 bridgehead atoms. The summed E-state index contributed by atoms with van der Waals surface area (Å²) < 4.78 is 3.97. The molecular formula is C27H56N8O14. The molecule has 49 heavy (non-hydrogen) atoms. The van der Waals surface area contributed by atoms with Crippen LogP contribution in [-0.2, 0) is 47.9 Å². The number of carbonyl (C=O) groups excluding carboxylic acids is 5. The van der Waals surface area contributed by atoms with Crippen molar-refractivity contribution in [2.45, 2.75) is 91.9 Å². The van der Waals surface area contributed by atoms with Crippen molar-refractivity contribution in [3.63, 3.8) is 0 Å². The largest absolute Gasteiger partial charge is 0.480 e. The Hall–Kier alpha value is -4.77. The smallest absolute Gasteiger partial charge is 0.326 e. The number of aliphatic carboxylic acids is 4. The van der Waals surface area contributed by atoms with Gasteiger partial charge in [-0.2, -0.15) is 0 Å². The van der Waals surface area contributed by atoms with Crippen LogP contribution in [0.15, 0.2) is 0 Å². The molecule has 0 fully saturated rings. The van der Waals surface area contributed by atoms with Crippen molar-refractivity contribution in [1.82, 2.24) is 16.0 Å². The lowest BCUT2D eigenvalue weighted by atomic mass is 10.2. The van der Waals surface area contributed by atoms with E-state index in [4.69, 9.17) is 49.1 Å². The Bertz CT molecular complexity index is 980. The molecule has 0 aromatic carbocycles. The summed E-state index contributed by atoms with van der Waals surface area (Å²) in [5, 5.41) is 40.4. The van der Waals surface area contributed by atoms with Crippen LogP contribution < -0.4 is 44.6 Å². The van der Waals surface area contributed by atoms with Gasteiger partial charge in [0.2, 0.25) is 17.7 Å². The molecule has 0 aliphatic rings. The van der Waals surface area contributed by atoms with Crippen LogP contribution in [0.1, 0.15) is 67.7 Å². The van der Waals surface area contributed by atoms with Crippen molar-refractivity contribution in [1.29, 1.82) is 0 Å². The molecule has 288 valence electrons. The van der Waals surface area contributed by atoms with Crippen LogP contribution in [0.2, 0.25) is 0 Å². The summed E-state index contributed by atoms with van der Waals surface area (Å²) in [6.45, 7) is 7.51. The summed E-state index contributed by atoms with van der Waals surface area (Å²) in [4.78, 5) is 91.5. The lowest BCUT2D eigenvalue weighted by molar-refractivity contribution is -0.156. The van der Waals surface area contributed by atoms with Crippen molar-refractivity contribution in [2.24, 2.45) is 28.7 Å². The Kier molecular flexibility index (Phi) is 41.6. The minimum atomic E-state index is -1.11. The van der Waals surface area contributed by atoms with Crippen LogP contribution in [-0.4, -0.2) is 124 Å². The number of esters is 2. The van der Waals surface area contributed by atoms with Crippen LogP contribution in [0.4, 0.5) is 0 Å². The molecule has 0 radical (unpaired) electrons. The van der Waals surface area contributed by atoms with E-state index in [2.05, 4.69) is 20.7 Å². The number of carboxylic acid groups (broad SMARTS) is 4. The SMILES string of the molecule is C.CC(=O)NCCC(NC(C)=O)C(=O)O.CC(=O)NCC[C@H](N)C(=O)O.CC(=O)OC(C)=O.NCCC(N)C(=O)O.NCC[C@H](N)C(=O)O. The van der Waals surface area contributed by atoms with Crippen molar-refractivity contribution in [3.8, 4) is 0 Å². The van der Waals surface area contributed by atoms with Gasteiger partial charge in [0.25, 0.3) is 0 Å². The highest BCUT2D eigenvalue weighted by Crippen LogP contribution is 1.91. The molecular weight excluding hydrogens is 660 g/mol. The molecule has 0 aliphatic heterocycles. The summed E-state index contributed by atoms with van der Waals surface area (Å²) >= 11 is 0. The Balaban J connectivity index is -0.000000120. The normalized spacial score (nSPS) is 11.5. The van der Waals surface area contributed by atoms with Crippen LogP contribution in [0.3, 0.4) is 0 Å². The topological polar surface area (TPSA) is 410 Å². The highest BCUT2D eigenvalue weighted by atomic mass is 16.6. The van der Waals surface area contributed by atoms with Crippen molar-refractivity contribution in [3.05, 3.63) is 0 Å². The van der Waals surface area contributed by atoms with E-state index < -0.39 is 65.9 Å². The summed E-state index contributed by atoms with van der Waals surface area (Å²) in [5.74, 6) is -6.06. The first-order chi connectivity index (χ1) is 22.0.